The van der Waals surface area contributed by atoms with Crippen LogP contribution in [-0.2, 0) is 41.3 Å². The van der Waals surface area contributed by atoms with Gasteiger partial charge < -0.3 is 20.1 Å². The summed E-state index contributed by atoms with van der Waals surface area (Å²) in [6.45, 7) is 2.44. The Morgan fingerprint density at radius 2 is 1.71 bits per heavy atom. The lowest BCUT2D eigenvalue weighted by Crippen LogP contribution is -2.80. The Balaban J connectivity index is 1.64. The zero-order valence-corrected chi connectivity index (χ0v) is 19.9. The van der Waals surface area contributed by atoms with Gasteiger partial charge in [0, 0.05) is 0 Å². The molecule has 10 nitrogen and oxygen atoms in total. The molecule has 35 heavy (non-hydrogen) atoms. The zero-order chi connectivity index (χ0) is 25.2. The third-order valence-corrected chi connectivity index (χ3v) is 8.41. The van der Waals surface area contributed by atoms with E-state index < -0.39 is 57.0 Å². The van der Waals surface area contributed by atoms with Crippen LogP contribution in [0.15, 0.2) is 60.7 Å². The average Bonchev–Trinajstić information content (AvgIpc) is 3.02. The maximum Gasteiger partial charge on any atom is 0.355 e. The number of rotatable bonds is 9. The Kier molecular flexibility index (Phi) is 6.62. The molecule has 2 aliphatic rings. The van der Waals surface area contributed by atoms with Crippen molar-refractivity contribution in [3.8, 4) is 5.75 Å². The number of fused-ring (bicyclic) bond motifs is 1. The van der Waals surface area contributed by atoms with Crippen molar-refractivity contribution in [1.29, 1.82) is 0 Å². The van der Waals surface area contributed by atoms with E-state index in [1.165, 1.54) is 13.8 Å². The van der Waals surface area contributed by atoms with Gasteiger partial charge in [0.1, 0.15) is 23.8 Å². The van der Waals surface area contributed by atoms with Crippen molar-refractivity contribution < 1.29 is 32.9 Å². The van der Waals surface area contributed by atoms with Gasteiger partial charge in [-0.2, -0.15) is 0 Å². The monoisotopic (exact) mass is 499 g/mol. The lowest BCUT2D eigenvalue weighted by Gasteiger charge is -2.49. The highest BCUT2D eigenvalue weighted by molar-refractivity contribution is 7.87. The van der Waals surface area contributed by atoms with Gasteiger partial charge in [-0.1, -0.05) is 48.5 Å². The van der Waals surface area contributed by atoms with Crippen LogP contribution in [0.2, 0.25) is 0 Å². The lowest BCUT2D eigenvalue weighted by molar-refractivity contribution is -0.181. The molecule has 2 aliphatic heterocycles. The number of hydrogen-bond acceptors (Lipinski definition) is 7. The van der Waals surface area contributed by atoms with Crippen LogP contribution < -0.4 is 15.4 Å². The molecule has 2 saturated heterocycles. The first-order valence-corrected chi connectivity index (χ1v) is 12.1. The number of carbonyl (C=O) groups is 4. The first-order valence-electron chi connectivity index (χ1n) is 10.9. The largest absolute Gasteiger partial charge is 0.484 e. The van der Waals surface area contributed by atoms with E-state index in [4.69, 9.17) is 9.47 Å². The van der Waals surface area contributed by atoms with E-state index >= 15 is 0 Å². The summed E-state index contributed by atoms with van der Waals surface area (Å²) in [5, 5.41) is 3.94. The van der Waals surface area contributed by atoms with Crippen molar-refractivity contribution in [3.05, 3.63) is 66.2 Å². The van der Waals surface area contributed by atoms with Gasteiger partial charge in [0.25, 0.3) is 11.8 Å². The topological polar surface area (TPSA) is 131 Å². The number of benzene rings is 2. The molecule has 2 aromatic carbocycles. The molecule has 4 rings (SSSR count). The van der Waals surface area contributed by atoms with Gasteiger partial charge in [-0.15, -0.1) is 0 Å². The standard InChI is InChI=1S/C24H25N3O7S/c1-23(2)24(22(31)34-13-16-9-5-3-6-10-16,26-18(29)14-33-17-11-7-4-8-12-17)27-20(30)19(25-15-28)21(27)35(23)32/h3-12,15,19,21H,13-14H2,1-2H3,(H,25,28)(H,26,29)/t19-,21-,24+,35?/m1/s1. The number of ether oxygens (including phenoxy) is 2. The summed E-state index contributed by atoms with van der Waals surface area (Å²) in [5.41, 5.74) is -1.38. The van der Waals surface area contributed by atoms with Crippen LogP contribution in [-0.4, -0.2) is 61.7 Å². The molecular weight excluding hydrogens is 474 g/mol. The molecule has 2 fully saturated rings. The Bertz CT molecular complexity index is 1160. The number of carbonyl (C=O) groups excluding carboxylic acids is 4. The van der Waals surface area contributed by atoms with Gasteiger partial charge in [-0.05, 0) is 31.5 Å². The van der Waals surface area contributed by atoms with Crippen LogP contribution in [0.25, 0.3) is 0 Å². The SMILES string of the molecule is CC1(C)S(=O)[C@@H]2[C@H](NC=O)C(=O)N2[C@@]1(NC(=O)COc1ccccc1)C(=O)OCc1ccccc1. The fourth-order valence-corrected chi connectivity index (χ4v) is 6.36. The van der Waals surface area contributed by atoms with Crippen LogP contribution in [0.5, 0.6) is 5.75 Å². The van der Waals surface area contributed by atoms with Gasteiger partial charge >= 0.3 is 5.97 Å². The second-order valence-electron chi connectivity index (χ2n) is 8.59. The average molecular weight is 500 g/mol. The number of nitrogens with one attached hydrogen (secondary N) is 2. The van der Waals surface area contributed by atoms with Gasteiger partial charge in [0.2, 0.25) is 12.1 Å². The third kappa shape index (κ3) is 4.05. The molecule has 2 heterocycles. The van der Waals surface area contributed by atoms with Crippen molar-refractivity contribution in [2.24, 2.45) is 0 Å². The van der Waals surface area contributed by atoms with Crippen LogP contribution in [0.3, 0.4) is 0 Å². The van der Waals surface area contributed by atoms with Crippen molar-refractivity contribution in [3.63, 3.8) is 0 Å². The van der Waals surface area contributed by atoms with Gasteiger partial charge in [0.15, 0.2) is 6.61 Å². The molecule has 0 bridgehead atoms. The van der Waals surface area contributed by atoms with Crippen molar-refractivity contribution in [1.82, 2.24) is 15.5 Å². The molecule has 0 aromatic heterocycles. The number of para-hydroxylation sites is 1. The van der Waals surface area contributed by atoms with Gasteiger partial charge in [-0.3, -0.25) is 23.5 Å². The minimum atomic E-state index is -2.08. The number of hydrogen-bond donors (Lipinski definition) is 2. The summed E-state index contributed by atoms with van der Waals surface area (Å²) in [4.78, 5) is 51.7. The Morgan fingerprint density at radius 1 is 1.09 bits per heavy atom. The van der Waals surface area contributed by atoms with E-state index in [1.54, 1.807) is 54.6 Å². The van der Waals surface area contributed by atoms with Gasteiger partial charge in [0.05, 0.1) is 15.5 Å². The lowest BCUT2D eigenvalue weighted by atomic mass is 9.88. The molecule has 2 aromatic rings. The van der Waals surface area contributed by atoms with Gasteiger partial charge in [-0.25, -0.2) is 4.79 Å². The van der Waals surface area contributed by atoms with E-state index in [0.29, 0.717) is 17.7 Å². The summed E-state index contributed by atoms with van der Waals surface area (Å²) in [6.07, 6.45) is 0.337. The molecule has 0 saturated carbocycles. The van der Waals surface area contributed by atoms with Crippen LogP contribution >= 0.6 is 0 Å². The predicted molar refractivity (Wildman–Crippen MR) is 125 cm³/mol. The first-order chi connectivity index (χ1) is 16.7. The molecule has 0 radical (unpaired) electrons. The normalized spacial score (nSPS) is 26.2. The number of β-lactam (4-membered cyclic amide) rings is 1. The molecule has 0 aliphatic carbocycles. The number of esters is 1. The molecule has 0 spiro atoms. The summed E-state index contributed by atoms with van der Waals surface area (Å²) in [7, 11) is -1.84. The Labute approximate surface area is 204 Å². The van der Waals surface area contributed by atoms with Crippen molar-refractivity contribution >= 4 is 35.0 Å². The smallest absolute Gasteiger partial charge is 0.355 e. The highest BCUT2D eigenvalue weighted by Crippen LogP contribution is 2.49. The second-order valence-corrected chi connectivity index (χ2v) is 10.7. The number of amides is 3. The molecule has 2 N–H and O–H groups in total. The third-order valence-electron chi connectivity index (χ3n) is 6.19. The summed E-state index contributed by atoms with van der Waals surface area (Å²) in [6, 6.07) is 16.4. The van der Waals surface area contributed by atoms with Crippen LogP contribution in [0.1, 0.15) is 19.4 Å². The fraction of sp³-hybridized carbons (Fsp3) is 0.333. The Morgan fingerprint density at radius 3 is 2.34 bits per heavy atom. The van der Waals surface area contributed by atoms with Crippen LogP contribution in [0, 0.1) is 0 Å². The first kappa shape index (κ1) is 24.4. The van der Waals surface area contributed by atoms with Crippen molar-refractivity contribution in [2.45, 2.75) is 42.3 Å². The predicted octanol–water partition coefficient (Wildman–Crippen LogP) is 0.445. The second kappa shape index (κ2) is 9.49. The number of nitrogens with zero attached hydrogens (tertiary/aromatic N) is 1. The quantitative estimate of drug-likeness (QED) is 0.291. The summed E-state index contributed by atoms with van der Waals surface area (Å²) in [5.74, 6) is -1.86. The minimum absolute atomic E-state index is 0.122. The molecule has 11 heteroatoms. The van der Waals surface area contributed by atoms with E-state index in [1.807, 2.05) is 6.07 Å². The highest BCUT2D eigenvalue weighted by Gasteiger charge is 2.77. The maximum absolute atomic E-state index is 13.6. The Hall–Kier alpha value is -3.73. The van der Waals surface area contributed by atoms with Crippen molar-refractivity contribution in [2.75, 3.05) is 6.61 Å². The molecule has 1 unspecified atom stereocenters. The fourth-order valence-electron chi connectivity index (χ4n) is 4.34. The van der Waals surface area contributed by atoms with E-state index in [-0.39, 0.29) is 6.61 Å². The summed E-state index contributed by atoms with van der Waals surface area (Å²) < 4.78 is 23.0. The molecule has 3 amide bonds. The molecule has 184 valence electrons. The van der Waals surface area contributed by atoms with E-state index in [0.717, 1.165) is 4.90 Å². The van der Waals surface area contributed by atoms with E-state index in [9.17, 15) is 23.4 Å². The molecule has 4 atom stereocenters. The zero-order valence-electron chi connectivity index (χ0n) is 19.1. The minimum Gasteiger partial charge on any atom is -0.484 e. The molecular formula is C24H25N3O7S. The maximum atomic E-state index is 13.6. The highest BCUT2D eigenvalue weighted by atomic mass is 32.2. The van der Waals surface area contributed by atoms with Crippen LogP contribution in [0.4, 0.5) is 0 Å². The summed E-state index contributed by atoms with van der Waals surface area (Å²) >= 11 is 0. The van der Waals surface area contributed by atoms with E-state index in [2.05, 4.69) is 10.6 Å².